The highest BCUT2D eigenvalue weighted by Gasteiger charge is 2.13. The number of hydrogen-bond acceptors (Lipinski definition) is 1. The molecule has 0 spiro atoms. The third-order valence-corrected chi connectivity index (χ3v) is 4.39. The van der Waals surface area contributed by atoms with Crippen molar-refractivity contribution in [2.45, 2.75) is 12.5 Å². The van der Waals surface area contributed by atoms with E-state index in [9.17, 15) is 4.39 Å². The molecule has 3 aromatic carbocycles. The second-order valence-corrected chi connectivity index (χ2v) is 5.94. The van der Waals surface area contributed by atoms with Crippen LogP contribution in [0.2, 0.25) is 0 Å². The van der Waals surface area contributed by atoms with Gasteiger partial charge in [-0.2, -0.15) is 0 Å². The molecule has 0 saturated heterocycles. The van der Waals surface area contributed by atoms with Gasteiger partial charge in [0, 0.05) is 10.5 Å². The van der Waals surface area contributed by atoms with Crippen LogP contribution < -0.4 is 5.73 Å². The van der Waals surface area contributed by atoms with Gasteiger partial charge in [-0.05, 0) is 40.5 Å². The van der Waals surface area contributed by atoms with E-state index in [1.54, 1.807) is 12.1 Å². The summed E-state index contributed by atoms with van der Waals surface area (Å²) in [7, 11) is 0. The standard InChI is InChI=1S/C18H15BrFN/c19-16-10-9-15(13-6-2-3-7-14(13)16)18(21)11-12-5-1-4-8-17(12)20/h1-10,18H,11,21H2. The van der Waals surface area contributed by atoms with Gasteiger partial charge in [-0.3, -0.25) is 0 Å². The topological polar surface area (TPSA) is 26.0 Å². The Morgan fingerprint density at radius 3 is 2.33 bits per heavy atom. The molecule has 3 heteroatoms. The minimum absolute atomic E-state index is 0.200. The lowest BCUT2D eigenvalue weighted by atomic mass is 9.94. The minimum atomic E-state index is -0.236. The Bertz CT molecular complexity index is 785. The number of fused-ring (bicyclic) bond motifs is 1. The lowest BCUT2D eigenvalue weighted by Crippen LogP contribution is -2.14. The van der Waals surface area contributed by atoms with Crippen molar-refractivity contribution in [3.63, 3.8) is 0 Å². The highest BCUT2D eigenvalue weighted by atomic mass is 79.9. The summed E-state index contributed by atoms with van der Waals surface area (Å²) >= 11 is 3.56. The molecule has 0 bridgehead atoms. The molecule has 1 unspecified atom stereocenters. The summed E-state index contributed by atoms with van der Waals surface area (Å²) in [6.07, 6.45) is 0.484. The molecule has 0 amide bonds. The first kappa shape index (κ1) is 14.2. The Labute approximate surface area is 131 Å². The molecule has 0 heterocycles. The monoisotopic (exact) mass is 343 g/mol. The zero-order chi connectivity index (χ0) is 14.8. The molecule has 2 N–H and O–H groups in total. The molecule has 0 saturated carbocycles. The zero-order valence-electron chi connectivity index (χ0n) is 11.4. The van der Waals surface area contributed by atoms with Gasteiger partial charge in [0.1, 0.15) is 5.82 Å². The Balaban J connectivity index is 2.01. The lowest BCUT2D eigenvalue weighted by molar-refractivity contribution is 0.594. The van der Waals surface area contributed by atoms with Crippen LogP contribution in [-0.4, -0.2) is 0 Å². The van der Waals surface area contributed by atoms with Crippen molar-refractivity contribution < 1.29 is 4.39 Å². The largest absolute Gasteiger partial charge is 0.324 e. The zero-order valence-corrected chi connectivity index (χ0v) is 13.0. The molecule has 0 aromatic heterocycles. The molecule has 0 aliphatic heterocycles. The highest BCUT2D eigenvalue weighted by molar-refractivity contribution is 9.10. The third kappa shape index (κ3) is 2.85. The van der Waals surface area contributed by atoms with Gasteiger partial charge in [-0.25, -0.2) is 4.39 Å². The molecule has 0 fully saturated rings. The Kier molecular flexibility index (Phi) is 4.04. The van der Waals surface area contributed by atoms with Gasteiger partial charge in [0.15, 0.2) is 0 Å². The maximum atomic E-state index is 13.8. The van der Waals surface area contributed by atoms with Crippen LogP contribution in [0.5, 0.6) is 0 Å². The smallest absolute Gasteiger partial charge is 0.126 e. The maximum Gasteiger partial charge on any atom is 0.126 e. The first-order valence-corrected chi connectivity index (χ1v) is 7.62. The van der Waals surface area contributed by atoms with E-state index in [1.165, 1.54) is 6.07 Å². The fourth-order valence-electron chi connectivity index (χ4n) is 2.62. The highest BCUT2D eigenvalue weighted by Crippen LogP contribution is 2.30. The summed E-state index contributed by atoms with van der Waals surface area (Å²) in [5, 5.41) is 2.23. The van der Waals surface area contributed by atoms with Crippen LogP contribution in [0.25, 0.3) is 10.8 Å². The average Bonchev–Trinajstić information content (AvgIpc) is 2.50. The number of hydrogen-bond donors (Lipinski definition) is 1. The van der Waals surface area contributed by atoms with Gasteiger partial charge in [0.2, 0.25) is 0 Å². The molecule has 21 heavy (non-hydrogen) atoms. The SMILES string of the molecule is NC(Cc1ccccc1F)c1ccc(Br)c2ccccc12. The van der Waals surface area contributed by atoms with Crippen molar-refractivity contribution in [1.82, 2.24) is 0 Å². The minimum Gasteiger partial charge on any atom is -0.324 e. The van der Waals surface area contributed by atoms with Crippen LogP contribution in [0, 0.1) is 5.82 Å². The van der Waals surface area contributed by atoms with Crippen LogP contribution in [0.1, 0.15) is 17.2 Å². The fourth-order valence-corrected chi connectivity index (χ4v) is 3.10. The number of benzene rings is 3. The van der Waals surface area contributed by atoms with E-state index in [-0.39, 0.29) is 11.9 Å². The van der Waals surface area contributed by atoms with Crippen LogP contribution in [-0.2, 0) is 6.42 Å². The third-order valence-electron chi connectivity index (χ3n) is 3.70. The van der Waals surface area contributed by atoms with Gasteiger partial charge in [-0.1, -0.05) is 64.5 Å². The van der Waals surface area contributed by atoms with E-state index >= 15 is 0 Å². The van der Waals surface area contributed by atoms with E-state index in [4.69, 9.17) is 5.73 Å². The van der Waals surface area contributed by atoms with Crippen LogP contribution in [0.4, 0.5) is 4.39 Å². The molecule has 0 aliphatic carbocycles. The summed E-state index contributed by atoms with van der Waals surface area (Å²) in [6.45, 7) is 0. The first-order valence-electron chi connectivity index (χ1n) is 6.83. The van der Waals surface area contributed by atoms with Crippen molar-refractivity contribution in [2.75, 3.05) is 0 Å². The van der Waals surface area contributed by atoms with Gasteiger partial charge in [-0.15, -0.1) is 0 Å². The second-order valence-electron chi connectivity index (χ2n) is 5.08. The Morgan fingerprint density at radius 2 is 1.57 bits per heavy atom. The molecule has 1 nitrogen and oxygen atoms in total. The van der Waals surface area contributed by atoms with Gasteiger partial charge >= 0.3 is 0 Å². The van der Waals surface area contributed by atoms with E-state index in [0.29, 0.717) is 12.0 Å². The molecule has 3 rings (SSSR count). The van der Waals surface area contributed by atoms with E-state index in [0.717, 1.165) is 20.8 Å². The lowest BCUT2D eigenvalue weighted by Gasteiger charge is -2.16. The molecule has 1 atom stereocenters. The number of rotatable bonds is 3. The van der Waals surface area contributed by atoms with Crippen LogP contribution >= 0.6 is 15.9 Å². The van der Waals surface area contributed by atoms with Gasteiger partial charge in [0.05, 0.1) is 0 Å². The summed E-state index contributed by atoms with van der Waals surface area (Å²) in [5.74, 6) is -0.200. The summed E-state index contributed by atoms with van der Waals surface area (Å²) < 4.78 is 14.8. The van der Waals surface area contributed by atoms with Crippen molar-refractivity contribution in [2.24, 2.45) is 5.73 Å². The average molecular weight is 344 g/mol. The Hall–Kier alpha value is -1.71. The molecule has 0 radical (unpaired) electrons. The number of halogens is 2. The van der Waals surface area contributed by atoms with Gasteiger partial charge in [0.25, 0.3) is 0 Å². The van der Waals surface area contributed by atoms with Crippen molar-refractivity contribution in [3.05, 3.63) is 82.1 Å². The molecule has 0 aliphatic rings. The molecular weight excluding hydrogens is 329 g/mol. The van der Waals surface area contributed by atoms with Crippen molar-refractivity contribution >= 4 is 26.7 Å². The number of nitrogens with two attached hydrogens (primary N) is 1. The molecular formula is C18H15BrFN. The summed E-state index contributed by atoms with van der Waals surface area (Å²) in [6, 6.07) is 18.7. The van der Waals surface area contributed by atoms with E-state index in [2.05, 4.69) is 28.1 Å². The van der Waals surface area contributed by atoms with Crippen LogP contribution in [0.15, 0.2) is 65.1 Å². The normalized spacial score (nSPS) is 12.5. The van der Waals surface area contributed by atoms with Crippen molar-refractivity contribution in [3.8, 4) is 0 Å². The van der Waals surface area contributed by atoms with E-state index in [1.807, 2.05) is 30.3 Å². The van der Waals surface area contributed by atoms with Crippen molar-refractivity contribution in [1.29, 1.82) is 0 Å². The van der Waals surface area contributed by atoms with Crippen LogP contribution in [0.3, 0.4) is 0 Å². The molecule has 106 valence electrons. The second kappa shape index (κ2) is 5.96. The predicted molar refractivity (Wildman–Crippen MR) is 88.7 cm³/mol. The fraction of sp³-hybridized carbons (Fsp3) is 0.111. The predicted octanol–water partition coefficient (Wildman–Crippen LogP) is 4.98. The maximum absolute atomic E-state index is 13.8. The van der Waals surface area contributed by atoms with Gasteiger partial charge < -0.3 is 5.73 Å². The molecule has 3 aromatic rings. The summed E-state index contributed by atoms with van der Waals surface area (Å²) in [4.78, 5) is 0. The quantitative estimate of drug-likeness (QED) is 0.712. The first-order chi connectivity index (χ1) is 10.2. The summed E-state index contributed by atoms with van der Waals surface area (Å²) in [5.41, 5.74) is 8.02. The Morgan fingerprint density at radius 1 is 0.905 bits per heavy atom. The van der Waals surface area contributed by atoms with E-state index < -0.39 is 0 Å².